The summed E-state index contributed by atoms with van der Waals surface area (Å²) < 4.78 is 14.6. The average Bonchev–Trinajstić information content (AvgIpc) is 2.36. The summed E-state index contributed by atoms with van der Waals surface area (Å²) in [5, 5.41) is 3.49. The van der Waals surface area contributed by atoms with Crippen LogP contribution in [0.2, 0.25) is 5.02 Å². The van der Waals surface area contributed by atoms with Gasteiger partial charge in [0.05, 0.1) is 10.7 Å². The van der Waals surface area contributed by atoms with Gasteiger partial charge in [-0.1, -0.05) is 23.8 Å². The van der Waals surface area contributed by atoms with Crippen molar-refractivity contribution in [1.29, 1.82) is 0 Å². The number of anilines is 2. The van der Waals surface area contributed by atoms with Crippen LogP contribution < -0.4 is 11.1 Å². The van der Waals surface area contributed by atoms with Gasteiger partial charge in [-0.05, 0) is 52.3 Å². The van der Waals surface area contributed by atoms with Gasteiger partial charge in [0.1, 0.15) is 10.8 Å². The Morgan fingerprint density at radius 1 is 1.26 bits per heavy atom. The molecule has 0 unspecified atom stereocenters. The molecule has 98 valence electrons. The summed E-state index contributed by atoms with van der Waals surface area (Å²) in [7, 11) is 0. The van der Waals surface area contributed by atoms with Gasteiger partial charge in [0.25, 0.3) is 0 Å². The van der Waals surface area contributed by atoms with E-state index in [0.717, 1.165) is 4.47 Å². The second-order valence-corrected chi connectivity index (χ2v) is 5.51. The molecule has 6 heteroatoms. The molecule has 0 aliphatic carbocycles. The third-order valence-electron chi connectivity index (χ3n) is 2.45. The molecule has 19 heavy (non-hydrogen) atoms. The molecule has 0 radical (unpaired) electrons. The number of hydrogen-bond acceptors (Lipinski definition) is 2. The first-order chi connectivity index (χ1) is 8.97. The van der Waals surface area contributed by atoms with Crippen molar-refractivity contribution in [3.63, 3.8) is 0 Å². The van der Waals surface area contributed by atoms with E-state index < -0.39 is 5.82 Å². The van der Waals surface area contributed by atoms with E-state index in [1.807, 2.05) is 0 Å². The second-order valence-electron chi connectivity index (χ2n) is 3.81. The fraction of sp³-hybridized carbons (Fsp3) is 0. The first-order valence-corrected chi connectivity index (χ1v) is 6.87. The molecule has 0 aliphatic heterocycles. The summed E-state index contributed by atoms with van der Waals surface area (Å²) >= 11 is 14.1. The lowest BCUT2D eigenvalue weighted by Crippen LogP contribution is -2.09. The molecule has 2 nitrogen and oxygen atoms in total. The van der Waals surface area contributed by atoms with Crippen molar-refractivity contribution in [2.24, 2.45) is 5.73 Å². The van der Waals surface area contributed by atoms with Crippen molar-refractivity contribution in [2.45, 2.75) is 0 Å². The number of halogens is 3. The van der Waals surface area contributed by atoms with Gasteiger partial charge >= 0.3 is 0 Å². The Morgan fingerprint density at radius 2 is 2.00 bits per heavy atom. The molecule has 2 rings (SSSR count). The van der Waals surface area contributed by atoms with Crippen molar-refractivity contribution in [2.75, 3.05) is 5.32 Å². The lowest BCUT2D eigenvalue weighted by Gasteiger charge is -2.09. The molecule has 0 saturated carbocycles. The lowest BCUT2D eigenvalue weighted by molar-refractivity contribution is 0.631. The fourth-order valence-corrected chi connectivity index (χ4v) is 2.05. The zero-order valence-corrected chi connectivity index (χ0v) is 12.7. The van der Waals surface area contributed by atoms with E-state index in [9.17, 15) is 4.39 Å². The summed E-state index contributed by atoms with van der Waals surface area (Å²) in [6, 6.07) is 9.81. The maximum Gasteiger partial charge on any atom is 0.147 e. The molecular weight excluding hydrogens is 351 g/mol. The number of rotatable bonds is 3. The molecule has 0 aromatic heterocycles. The number of nitrogens with two attached hydrogens (primary N) is 1. The van der Waals surface area contributed by atoms with Crippen LogP contribution in [0.5, 0.6) is 0 Å². The Labute approximate surface area is 128 Å². The minimum absolute atomic E-state index is 0.164. The van der Waals surface area contributed by atoms with Gasteiger partial charge in [0.2, 0.25) is 0 Å². The van der Waals surface area contributed by atoms with Crippen molar-refractivity contribution < 1.29 is 4.39 Å². The Bertz CT molecular complexity index is 649. The van der Waals surface area contributed by atoms with E-state index in [2.05, 4.69) is 21.2 Å². The van der Waals surface area contributed by atoms with Crippen LogP contribution in [0.3, 0.4) is 0 Å². The third kappa shape index (κ3) is 3.43. The van der Waals surface area contributed by atoms with Gasteiger partial charge < -0.3 is 11.1 Å². The highest BCUT2D eigenvalue weighted by Crippen LogP contribution is 2.28. The number of thiocarbonyl (C=S) groups is 1. The van der Waals surface area contributed by atoms with Crippen LogP contribution in [0.15, 0.2) is 40.9 Å². The minimum Gasteiger partial charge on any atom is -0.389 e. The normalized spacial score (nSPS) is 10.3. The topological polar surface area (TPSA) is 38.0 Å². The van der Waals surface area contributed by atoms with E-state index in [0.29, 0.717) is 22.0 Å². The predicted molar refractivity (Wildman–Crippen MR) is 84.7 cm³/mol. The second kappa shape index (κ2) is 5.86. The molecule has 0 fully saturated rings. The van der Waals surface area contributed by atoms with Gasteiger partial charge in [0.15, 0.2) is 0 Å². The SMILES string of the molecule is NC(=S)c1ccc(Nc2ccc(Br)c(Cl)c2)c(F)c1. The molecule has 0 spiro atoms. The van der Waals surface area contributed by atoms with Crippen LogP contribution >= 0.6 is 39.7 Å². The maximum atomic E-state index is 13.9. The number of benzene rings is 2. The number of hydrogen-bond donors (Lipinski definition) is 2. The zero-order chi connectivity index (χ0) is 14.0. The van der Waals surface area contributed by atoms with Gasteiger partial charge in [-0.2, -0.15) is 0 Å². The van der Waals surface area contributed by atoms with Crippen LogP contribution in [-0.2, 0) is 0 Å². The summed E-state index contributed by atoms with van der Waals surface area (Å²) in [6.45, 7) is 0. The van der Waals surface area contributed by atoms with Crippen molar-refractivity contribution in [3.8, 4) is 0 Å². The molecule has 0 heterocycles. The summed E-state index contributed by atoms with van der Waals surface area (Å²) in [6.07, 6.45) is 0. The Balaban J connectivity index is 2.28. The van der Waals surface area contributed by atoms with E-state index in [-0.39, 0.29) is 4.99 Å². The van der Waals surface area contributed by atoms with E-state index in [4.69, 9.17) is 29.6 Å². The van der Waals surface area contributed by atoms with Crippen LogP contribution in [0.1, 0.15) is 5.56 Å². The van der Waals surface area contributed by atoms with Crippen molar-refractivity contribution in [3.05, 3.63) is 57.3 Å². The monoisotopic (exact) mass is 358 g/mol. The summed E-state index contributed by atoms with van der Waals surface area (Å²) in [5.74, 6) is -0.427. The fourth-order valence-electron chi connectivity index (χ4n) is 1.50. The first kappa shape index (κ1) is 14.2. The van der Waals surface area contributed by atoms with E-state index in [1.165, 1.54) is 6.07 Å². The van der Waals surface area contributed by atoms with Gasteiger partial charge in [0, 0.05) is 15.7 Å². The van der Waals surface area contributed by atoms with Crippen molar-refractivity contribution >= 4 is 56.1 Å². The van der Waals surface area contributed by atoms with Gasteiger partial charge in [-0.3, -0.25) is 0 Å². The predicted octanol–water partition coefficient (Wildman–Crippen LogP) is 4.62. The average molecular weight is 360 g/mol. The Kier molecular flexibility index (Phi) is 4.39. The quantitative estimate of drug-likeness (QED) is 0.785. The maximum absolute atomic E-state index is 13.9. The third-order valence-corrected chi connectivity index (χ3v) is 3.92. The smallest absolute Gasteiger partial charge is 0.147 e. The molecule has 0 saturated heterocycles. The molecule has 2 aromatic rings. The van der Waals surface area contributed by atoms with Gasteiger partial charge in [-0.25, -0.2) is 4.39 Å². The zero-order valence-electron chi connectivity index (χ0n) is 9.58. The largest absolute Gasteiger partial charge is 0.389 e. The lowest BCUT2D eigenvalue weighted by atomic mass is 10.2. The number of nitrogens with one attached hydrogen (secondary N) is 1. The highest BCUT2D eigenvalue weighted by atomic mass is 79.9. The Morgan fingerprint density at radius 3 is 2.58 bits per heavy atom. The van der Waals surface area contributed by atoms with Crippen LogP contribution in [0.4, 0.5) is 15.8 Å². The Hall–Kier alpha value is -1.17. The molecule has 0 atom stereocenters. The summed E-state index contributed by atoms with van der Waals surface area (Å²) in [5.41, 5.74) is 6.96. The molecule has 3 N–H and O–H groups in total. The highest BCUT2D eigenvalue weighted by molar-refractivity contribution is 9.10. The molecule has 0 bridgehead atoms. The van der Waals surface area contributed by atoms with Gasteiger partial charge in [-0.15, -0.1) is 0 Å². The first-order valence-electron chi connectivity index (χ1n) is 5.29. The minimum atomic E-state index is -0.427. The molecule has 0 aliphatic rings. The highest BCUT2D eigenvalue weighted by Gasteiger charge is 2.06. The van der Waals surface area contributed by atoms with E-state index >= 15 is 0 Å². The molecule has 2 aromatic carbocycles. The van der Waals surface area contributed by atoms with Crippen LogP contribution in [-0.4, -0.2) is 4.99 Å². The standard InChI is InChI=1S/C13H9BrClFN2S/c14-9-3-2-8(6-10(9)15)18-12-4-1-7(13(17)19)5-11(12)16/h1-6,18H,(H2,17,19). The van der Waals surface area contributed by atoms with Crippen LogP contribution in [0.25, 0.3) is 0 Å². The molecular formula is C13H9BrClFN2S. The van der Waals surface area contributed by atoms with Crippen molar-refractivity contribution in [1.82, 2.24) is 0 Å². The van der Waals surface area contributed by atoms with E-state index in [1.54, 1.807) is 30.3 Å². The molecule has 0 amide bonds. The summed E-state index contributed by atoms with van der Waals surface area (Å²) in [4.78, 5) is 0.164. The van der Waals surface area contributed by atoms with Crippen LogP contribution in [0, 0.1) is 5.82 Å².